The van der Waals surface area contributed by atoms with Crippen molar-refractivity contribution in [3.8, 4) is 0 Å². The predicted octanol–water partition coefficient (Wildman–Crippen LogP) is 4.10. The Balaban J connectivity index is 1.82. The SMILES string of the molecule is CC1=NC(=O)NC(c2cccc(C)c2)C1C(=O)OC1CCCCCC1. The van der Waals surface area contributed by atoms with Crippen LogP contribution in [0.25, 0.3) is 0 Å². The molecule has 1 aromatic rings. The lowest BCUT2D eigenvalue weighted by Gasteiger charge is -2.31. The summed E-state index contributed by atoms with van der Waals surface area (Å²) in [6.45, 7) is 3.73. The van der Waals surface area contributed by atoms with E-state index in [1.807, 2.05) is 31.2 Å². The average Bonchev–Trinajstić information content (AvgIpc) is 2.82. The van der Waals surface area contributed by atoms with Crippen molar-refractivity contribution in [3.05, 3.63) is 35.4 Å². The highest BCUT2D eigenvalue weighted by molar-refractivity contribution is 6.08. The number of ether oxygens (including phenoxy) is 1. The highest BCUT2D eigenvalue weighted by atomic mass is 16.5. The molecule has 1 aromatic carbocycles. The number of benzene rings is 1. The third kappa shape index (κ3) is 4.27. The molecular formula is C20H26N2O3. The van der Waals surface area contributed by atoms with Gasteiger partial charge in [0.1, 0.15) is 12.0 Å². The summed E-state index contributed by atoms with van der Waals surface area (Å²) in [5.74, 6) is -0.845. The Bertz CT molecular complexity index is 675. The van der Waals surface area contributed by atoms with Crippen molar-refractivity contribution in [3.63, 3.8) is 0 Å². The first-order valence-electron chi connectivity index (χ1n) is 9.17. The molecule has 25 heavy (non-hydrogen) atoms. The number of nitrogens with one attached hydrogen (secondary N) is 1. The van der Waals surface area contributed by atoms with Crippen LogP contribution in [0.15, 0.2) is 29.3 Å². The number of urea groups is 1. The van der Waals surface area contributed by atoms with Crippen LogP contribution in [-0.4, -0.2) is 23.8 Å². The van der Waals surface area contributed by atoms with Gasteiger partial charge in [-0.15, -0.1) is 0 Å². The summed E-state index contributed by atoms with van der Waals surface area (Å²) in [5, 5.41) is 2.84. The van der Waals surface area contributed by atoms with Gasteiger partial charge in [0.25, 0.3) is 0 Å². The van der Waals surface area contributed by atoms with Crippen LogP contribution in [0.4, 0.5) is 4.79 Å². The fourth-order valence-electron chi connectivity index (χ4n) is 3.76. The normalized spacial score (nSPS) is 24.9. The second-order valence-corrected chi connectivity index (χ2v) is 7.12. The maximum absolute atomic E-state index is 12.9. The van der Waals surface area contributed by atoms with Crippen molar-refractivity contribution in [2.45, 2.75) is 64.5 Å². The van der Waals surface area contributed by atoms with E-state index in [1.54, 1.807) is 6.92 Å². The average molecular weight is 342 g/mol. The van der Waals surface area contributed by atoms with Crippen LogP contribution in [0, 0.1) is 12.8 Å². The number of nitrogens with zero attached hydrogens (tertiary/aromatic N) is 1. The van der Waals surface area contributed by atoms with E-state index in [4.69, 9.17) is 4.74 Å². The molecule has 0 aromatic heterocycles. The number of hydrogen-bond donors (Lipinski definition) is 1. The first-order valence-corrected chi connectivity index (χ1v) is 9.17. The molecule has 134 valence electrons. The van der Waals surface area contributed by atoms with Gasteiger partial charge in [-0.25, -0.2) is 9.79 Å². The van der Waals surface area contributed by atoms with Gasteiger partial charge in [0, 0.05) is 5.71 Å². The van der Waals surface area contributed by atoms with Crippen molar-refractivity contribution < 1.29 is 14.3 Å². The number of aryl methyl sites for hydroxylation is 1. The van der Waals surface area contributed by atoms with E-state index in [2.05, 4.69) is 10.3 Å². The smallest absolute Gasteiger partial charge is 0.341 e. The van der Waals surface area contributed by atoms with Gasteiger partial charge in [-0.1, -0.05) is 42.7 Å². The minimum atomic E-state index is -0.567. The Hall–Kier alpha value is -2.17. The maximum atomic E-state index is 12.9. The molecule has 1 aliphatic carbocycles. The molecule has 3 rings (SSSR count). The van der Waals surface area contributed by atoms with E-state index >= 15 is 0 Å². The molecule has 2 atom stereocenters. The minimum absolute atomic E-state index is 0.0152. The van der Waals surface area contributed by atoms with Crippen LogP contribution in [0.1, 0.15) is 62.6 Å². The number of carbonyl (C=O) groups excluding carboxylic acids is 2. The molecule has 5 heteroatoms. The second kappa shape index (κ2) is 7.81. The topological polar surface area (TPSA) is 67.8 Å². The zero-order chi connectivity index (χ0) is 17.8. The summed E-state index contributed by atoms with van der Waals surface area (Å²) >= 11 is 0. The Morgan fingerprint density at radius 3 is 2.56 bits per heavy atom. The molecule has 2 aliphatic rings. The monoisotopic (exact) mass is 342 g/mol. The Morgan fingerprint density at radius 1 is 1.16 bits per heavy atom. The molecule has 2 amide bonds. The van der Waals surface area contributed by atoms with Gasteiger partial charge in [-0.2, -0.15) is 0 Å². The Morgan fingerprint density at radius 2 is 1.88 bits per heavy atom. The maximum Gasteiger partial charge on any atom is 0.341 e. The minimum Gasteiger partial charge on any atom is -0.462 e. The van der Waals surface area contributed by atoms with Gasteiger partial charge >= 0.3 is 12.0 Å². The number of amides is 2. The summed E-state index contributed by atoms with van der Waals surface area (Å²) < 4.78 is 5.83. The van der Waals surface area contributed by atoms with Gasteiger partial charge in [0.15, 0.2) is 0 Å². The second-order valence-electron chi connectivity index (χ2n) is 7.12. The van der Waals surface area contributed by atoms with Gasteiger partial charge < -0.3 is 10.1 Å². The fourth-order valence-corrected chi connectivity index (χ4v) is 3.76. The van der Waals surface area contributed by atoms with Gasteiger partial charge in [-0.05, 0) is 45.1 Å². The first-order chi connectivity index (χ1) is 12.0. The van der Waals surface area contributed by atoms with Crippen molar-refractivity contribution in [1.29, 1.82) is 0 Å². The van der Waals surface area contributed by atoms with Crippen molar-refractivity contribution >= 4 is 17.7 Å². The Kier molecular flexibility index (Phi) is 5.51. The molecule has 0 bridgehead atoms. The zero-order valence-corrected chi connectivity index (χ0v) is 15.0. The molecule has 5 nitrogen and oxygen atoms in total. The molecule has 1 aliphatic heterocycles. The van der Waals surface area contributed by atoms with E-state index in [1.165, 1.54) is 12.8 Å². The molecule has 1 N–H and O–H groups in total. The number of rotatable bonds is 3. The zero-order valence-electron chi connectivity index (χ0n) is 15.0. The largest absolute Gasteiger partial charge is 0.462 e. The predicted molar refractivity (Wildman–Crippen MR) is 96.6 cm³/mol. The van der Waals surface area contributed by atoms with Crippen LogP contribution >= 0.6 is 0 Å². The number of hydrogen-bond acceptors (Lipinski definition) is 3. The molecule has 1 fully saturated rings. The lowest BCUT2D eigenvalue weighted by Crippen LogP contribution is -2.45. The standard InChI is InChI=1S/C20H26N2O3/c1-13-8-7-9-15(12-13)18-17(14(2)21-20(24)22-18)19(23)25-16-10-5-3-4-6-11-16/h7-9,12,16-18H,3-6,10-11H2,1-2H3,(H,22,24). The summed E-state index contributed by atoms with van der Waals surface area (Å²) in [6, 6.07) is 7.03. The van der Waals surface area contributed by atoms with Crippen LogP contribution in [0.5, 0.6) is 0 Å². The number of aliphatic imine (C=N–C) groups is 1. The molecule has 2 unspecified atom stereocenters. The summed E-state index contributed by atoms with van der Waals surface area (Å²) in [4.78, 5) is 28.8. The van der Waals surface area contributed by atoms with Gasteiger partial charge in [0.2, 0.25) is 0 Å². The lowest BCUT2D eigenvalue weighted by atomic mass is 9.87. The highest BCUT2D eigenvalue weighted by Crippen LogP contribution is 2.30. The third-order valence-corrected chi connectivity index (χ3v) is 5.08. The molecular weight excluding hydrogens is 316 g/mol. The number of esters is 1. The summed E-state index contributed by atoms with van der Waals surface area (Å²) in [5.41, 5.74) is 2.52. The van der Waals surface area contributed by atoms with Crippen LogP contribution < -0.4 is 5.32 Å². The van der Waals surface area contributed by atoms with Crippen LogP contribution in [0.2, 0.25) is 0 Å². The van der Waals surface area contributed by atoms with Gasteiger partial charge in [0.05, 0.1) is 6.04 Å². The van der Waals surface area contributed by atoms with E-state index < -0.39 is 18.0 Å². The molecule has 0 spiro atoms. The van der Waals surface area contributed by atoms with Crippen molar-refractivity contribution in [2.75, 3.05) is 0 Å². The van der Waals surface area contributed by atoms with E-state index in [0.717, 1.165) is 36.8 Å². The van der Waals surface area contributed by atoms with Crippen LogP contribution in [0.3, 0.4) is 0 Å². The molecule has 1 saturated carbocycles. The van der Waals surface area contributed by atoms with E-state index in [9.17, 15) is 9.59 Å². The quantitative estimate of drug-likeness (QED) is 0.664. The summed E-state index contributed by atoms with van der Waals surface area (Å²) in [6.07, 6.45) is 6.46. The van der Waals surface area contributed by atoms with Gasteiger partial charge in [-0.3, -0.25) is 4.79 Å². The third-order valence-electron chi connectivity index (χ3n) is 5.08. The highest BCUT2D eigenvalue weighted by Gasteiger charge is 2.38. The van der Waals surface area contributed by atoms with Crippen molar-refractivity contribution in [1.82, 2.24) is 5.32 Å². The lowest BCUT2D eigenvalue weighted by molar-refractivity contribution is -0.153. The fraction of sp³-hybridized carbons (Fsp3) is 0.550. The van der Waals surface area contributed by atoms with E-state index in [0.29, 0.717) is 5.71 Å². The van der Waals surface area contributed by atoms with E-state index in [-0.39, 0.29) is 12.1 Å². The molecule has 1 heterocycles. The first kappa shape index (κ1) is 17.6. The Labute approximate surface area is 148 Å². The summed E-state index contributed by atoms with van der Waals surface area (Å²) in [7, 11) is 0. The molecule has 0 radical (unpaired) electrons. The molecule has 0 saturated heterocycles. The van der Waals surface area contributed by atoms with Crippen LogP contribution in [-0.2, 0) is 9.53 Å². The van der Waals surface area contributed by atoms with Crippen molar-refractivity contribution in [2.24, 2.45) is 10.9 Å². The number of carbonyl (C=O) groups is 2.